The van der Waals surface area contributed by atoms with Gasteiger partial charge in [-0.15, -0.1) is 21.5 Å². The monoisotopic (exact) mass is 464 g/mol. The Morgan fingerprint density at radius 3 is 2.81 bits per heavy atom. The summed E-state index contributed by atoms with van der Waals surface area (Å²) in [5.74, 6) is 0.956. The Kier molecular flexibility index (Phi) is 7.62. The van der Waals surface area contributed by atoms with E-state index in [1.807, 2.05) is 29.3 Å². The van der Waals surface area contributed by atoms with Crippen LogP contribution in [0.2, 0.25) is 0 Å². The van der Waals surface area contributed by atoms with Crippen LogP contribution in [-0.4, -0.2) is 69.7 Å². The largest absolute Gasteiger partial charge is 0.466 e. The molecule has 0 bridgehead atoms. The Bertz CT molecular complexity index is 872. The van der Waals surface area contributed by atoms with Crippen LogP contribution >= 0.6 is 23.1 Å². The number of nitrogens with zero attached hydrogens (tertiary/aromatic N) is 4. The van der Waals surface area contributed by atoms with Gasteiger partial charge in [0.15, 0.2) is 11.0 Å². The van der Waals surface area contributed by atoms with E-state index in [9.17, 15) is 9.59 Å². The average Bonchev–Trinajstić information content (AvgIpc) is 3.55. The zero-order chi connectivity index (χ0) is 21.6. The van der Waals surface area contributed by atoms with Crippen molar-refractivity contribution >= 4 is 35.0 Å². The highest BCUT2D eigenvalue weighted by Gasteiger charge is 2.29. The van der Waals surface area contributed by atoms with Gasteiger partial charge in [0.2, 0.25) is 5.91 Å². The van der Waals surface area contributed by atoms with Crippen LogP contribution in [0.5, 0.6) is 0 Å². The molecule has 2 aromatic rings. The summed E-state index contributed by atoms with van der Waals surface area (Å²) < 4.78 is 13.0. The highest BCUT2D eigenvalue weighted by atomic mass is 32.2. The van der Waals surface area contributed by atoms with Crippen molar-refractivity contribution in [2.45, 2.75) is 50.4 Å². The first-order chi connectivity index (χ1) is 15.2. The first-order valence-electron chi connectivity index (χ1n) is 10.8. The molecule has 1 atom stereocenters. The number of hydrogen-bond acceptors (Lipinski definition) is 8. The fourth-order valence-electron chi connectivity index (χ4n) is 3.98. The second kappa shape index (κ2) is 10.6. The number of ether oxygens (including phenoxy) is 2. The molecule has 0 N–H and O–H groups in total. The lowest BCUT2D eigenvalue weighted by Crippen LogP contribution is -2.41. The summed E-state index contributed by atoms with van der Waals surface area (Å²) in [4.78, 5) is 27.6. The molecule has 0 radical (unpaired) electrons. The van der Waals surface area contributed by atoms with Crippen LogP contribution in [0.4, 0.5) is 0 Å². The molecule has 0 spiro atoms. The number of likely N-dealkylation sites (tertiary alicyclic amines) is 1. The molecular formula is C21H28N4O4S2. The normalized spacial score (nSPS) is 19.6. The fourth-order valence-corrected chi connectivity index (χ4v) is 5.55. The number of aromatic nitrogens is 3. The predicted octanol–water partition coefficient (Wildman–Crippen LogP) is 3.08. The lowest BCUT2D eigenvalue weighted by Gasteiger charge is -2.30. The molecule has 2 aliphatic heterocycles. The molecule has 2 aliphatic rings. The number of amides is 1. The number of piperidine rings is 1. The maximum Gasteiger partial charge on any atom is 0.309 e. The standard InChI is InChI=1S/C21H28N4O4S2/c1-2-28-20(27)15-7-9-24(10-8-15)18(26)14-31-21-23-22-19(17-6-4-12-30-17)25(21)13-16-5-3-11-29-16/h4,6,12,15-16H,2-3,5,7-11,13-14H2,1H3. The van der Waals surface area contributed by atoms with E-state index in [0.29, 0.717) is 44.8 Å². The summed E-state index contributed by atoms with van der Waals surface area (Å²) in [5.41, 5.74) is 0. The van der Waals surface area contributed by atoms with Gasteiger partial charge in [-0.1, -0.05) is 17.8 Å². The van der Waals surface area contributed by atoms with E-state index < -0.39 is 0 Å². The van der Waals surface area contributed by atoms with E-state index in [-0.39, 0.29) is 23.9 Å². The van der Waals surface area contributed by atoms with Gasteiger partial charge in [0.1, 0.15) is 0 Å². The van der Waals surface area contributed by atoms with Crippen molar-refractivity contribution in [1.82, 2.24) is 19.7 Å². The first-order valence-corrected chi connectivity index (χ1v) is 12.7. The second-order valence-corrected chi connectivity index (χ2v) is 9.62. The molecule has 0 aliphatic carbocycles. The molecule has 0 saturated carbocycles. The maximum atomic E-state index is 12.8. The highest BCUT2D eigenvalue weighted by molar-refractivity contribution is 7.99. The number of rotatable bonds is 8. The summed E-state index contributed by atoms with van der Waals surface area (Å²) in [6.45, 7) is 4.88. The lowest BCUT2D eigenvalue weighted by molar-refractivity contribution is -0.151. The van der Waals surface area contributed by atoms with E-state index in [2.05, 4.69) is 14.8 Å². The third-order valence-electron chi connectivity index (χ3n) is 5.66. The van der Waals surface area contributed by atoms with Gasteiger partial charge in [0.25, 0.3) is 0 Å². The first kappa shape index (κ1) is 22.3. The molecule has 2 fully saturated rings. The SMILES string of the molecule is CCOC(=O)C1CCN(C(=O)CSc2nnc(-c3cccs3)n2CC2CCCO2)CC1. The number of thioether (sulfide) groups is 1. The van der Waals surface area contributed by atoms with Crippen molar-refractivity contribution in [2.24, 2.45) is 5.92 Å². The third-order valence-corrected chi connectivity index (χ3v) is 7.48. The molecule has 168 valence electrons. The highest BCUT2D eigenvalue weighted by Crippen LogP contribution is 2.29. The predicted molar refractivity (Wildman–Crippen MR) is 119 cm³/mol. The van der Waals surface area contributed by atoms with Gasteiger partial charge in [-0.05, 0) is 44.1 Å². The number of carbonyl (C=O) groups is 2. The minimum atomic E-state index is -0.146. The number of carbonyl (C=O) groups excluding carboxylic acids is 2. The Morgan fingerprint density at radius 1 is 1.29 bits per heavy atom. The van der Waals surface area contributed by atoms with Crippen molar-refractivity contribution in [1.29, 1.82) is 0 Å². The van der Waals surface area contributed by atoms with Crippen LogP contribution in [0.15, 0.2) is 22.7 Å². The number of thiophene rings is 1. The van der Waals surface area contributed by atoms with Crippen molar-refractivity contribution < 1.29 is 19.1 Å². The van der Waals surface area contributed by atoms with Crippen LogP contribution in [0.3, 0.4) is 0 Å². The zero-order valence-corrected chi connectivity index (χ0v) is 19.3. The van der Waals surface area contributed by atoms with Crippen molar-refractivity contribution in [2.75, 3.05) is 32.1 Å². The summed E-state index contributed by atoms with van der Waals surface area (Å²) in [6, 6.07) is 4.04. The molecular weight excluding hydrogens is 436 g/mol. The van der Waals surface area contributed by atoms with Crippen LogP contribution < -0.4 is 0 Å². The molecule has 2 saturated heterocycles. The molecule has 4 heterocycles. The molecule has 1 amide bonds. The molecule has 31 heavy (non-hydrogen) atoms. The van der Waals surface area contributed by atoms with E-state index in [0.717, 1.165) is 35.3 Å². The third kappa shape index (κ3) is 5.48. The van der Waals surface area contributed by atoms with Crippen LogP contribution in [0.1, 0.15) is 32.6 Å². The van der Waals surface area contributed by atoms with Crippen LogP contribution in [0, 0.1) is 5.92 Å². The van der Waals surface area contributed by atoms with Gasteiger partial charge in [-0.25, -0.2) is 0 Å². The molecule has 0 aromatic carbocycles. The van der Waals surface area contributed by atoms with Gasteiger partial charge < -0.3 is 14.4 Å². The quantitative estimate of drug-likeness (QED) is 0.438. The summed E-state index contributed by atoms with van der Waals surface area (Å²) in [6.07, 6.45) is 3.58. The minimum Gasteiger partial charge on any atom is -0.466 e. The Balaban J connectivity index is 1.37. The Morgan fingerprint density at radius 2 is 2.13 bits per heavy atom. The topological polar surface area (TPSA) is 86.5 Å². The van der Waals surface area contributed by atoms with Crippen molar-refractivity contribution in [3.05, 3.63) is 17.5 Å². The van der Waals surface area contributed by atoms with Gasteiger partial charge in [0, 0.05) is 19.7 Å². The average molecular weight is 465 g/mol. The van der Waals surface area contributed by atoms with E-state index in [1.165, 1.54) is 11.8 Å². The lowest BCUT2D eigenvalue weighted by atomic mass is 9.97. The molecule has 2 aromatic heterocycles. The number of esters is 1. The van der Waals surface area contributed by atoms with Crippen molar-refractivity contribution in [3.8, 4) is 10.7 Å². The number of hydrogen-bond donors (Lipinski definition) is 0. The Labute approximate surface area is 190 Å². The summed E-state index contributed by atoms with van der Waals surface area (Å²) in [5, 5.41) is 11.6. The van der Waals surface area contributed by atoms with E-state index in [4.69, 9.17) is 9.47 Å². The second-order valence-electron chi connectivity index (χ2n) is 7.72. The molecule has 8 nitrogen and oxygen atoms in total. The van der Waals surface area contributed by atoms with E-state index >= 15 is 0 Å². The van der Waals surface area contributed by atoms with Gasteiger partial charge in [-0.3, -0.25) is 14.2 Å². The smallest absolute Gasteiger partial charge is 0.309 e. The fraction of sp³-hybridized carbons (Fsp3) is 0.619. The van der Waals surface area contributed by atoms with Gasteiger partial charge >= 0.3 is 5.97 Å². The minimum absolute atomic E-state index is 0.0663. The zero-order valence-electron chi connectivity index (χ0n) is 17.7. The molecule has 10 heteroatoms. The maximum absolute atomic E-state index is 12.8. The van der Waals surface area contributed by atoms with Crippen LogP contribution in [0.25, 0.3) is 10.7 Å². The Hall–Kier alpha value is -1.91. The molecule has 4 rings (SSSR count). The van der Waals surface area contributed by atoms with Gasteiger partial charge in [0.05, 0.1) is 35.8 Å². The van der Waals surface area contributed by atoms with Crippen molar-refractivity contribution in [3.63, 3.8) is 0 Å². The van der Waals surface area contributed by atoms with E-state index in [1.54, 1.807) is 11.3 Å². The summed E-state index contributed by atoms with van der Waals surface area (Å²) >= 11 is 3.05. The molecule has 1 unspecified atom stereocenters. The summed E-state index contributed by atoms with van der Waals surface area (Å²) in [7, 11) is 0. The van der Waals surface area contributed by atoms with Gasteiger partial charge in [-0.2, -0.15) is 0 Å². The van der Waals surface area contributed by atoms with Crippen LogP contribution in [-0.2, 0) is 25.6 Å².